The van der Waals surface area contributed by atoms with Crippen LogP contribution in [0.1, 0.15) is 12.8 Å². The summed E-state index contributed by atoms with van der Waals surface area (Å²) in [6.07, 6.45) is 1.34. The summed E-state index contributed by atoms with van der Waals surface area (Å²) >= 11 is 0. The molecule has 5 heteroatoms. The summed E-state index contributed by atoms with van der Waals surface area (Å²) in [5.41, 5.74) is -0.657. The summed E-state index contributed by atoms with van der Waals surface area (Å²) < 4.78 is 5.22. The Hall–Kier alpha value is -0.650. The van der Waals surface area contributed by atoms with Gasteiger partial charge in [0.05, 0.1) is 12.1 Å². The second-order valence-corrected chi connectivity index (χ2v) is 4.40. The predicted octanol–water partition coefficient (Wildman–Crippen LogP) is -1.04. The van der Waals surface area contributed by atoms with Crippen LogP contribution in [0.25, 0.3) is 0 Å². The Morgan fingerprint density at radius 3 is 2.87 bits per heavy atom. The van der Waals surface area contributed by atoms with Gasteiger partial charge in [-0.1, -0.05) is 0 Å². The average Bonchev–Trinajstić information content (AvgIpc) is 2.18. The van der Waals surface area contributed by atoms with Gasteiger partial charge in [-0.25, -0.2) is 0 Å². The van der Waals surface area contributed by atoms with Crippen molar-refractivity contribution in [2.45, 2.75) is 18.4 Å². The van der Waals surface area contributed by atoms with Crippen LogP contribution in [0.4, 0.5) is 0 Å². The fourth-order valence-corrected chi connectivity index (χ4v) is 2.15. The Labute approximate surface area is 89.4 Å². The molecule has 2 aliphatic rings. The normalized spacial score (nSPS) is 27.4. The predicted molar refractivity (Wildman–Crippen MR) is 54.5 cm³/mol. The lowest BCUT2D eigenvalue weighted by molar-refractivity contribution is -0.126. The van der Waals surface area contributed by atoms with E-state index in [1.165, 1.54) is 0 Å². The zero-order chi connectivity index (χ0) is 10.7. The number of carbonyl (C=O) groups excluding carboxylic acids is 1. The molecule has 86 valence electrons. The van der Waals surface area contributed by atoms with E-state index in [4.69, 9.17) is 4.74 Å². The minimum atomic E-state index is -0.657. The molecule has 0 unspecified atom stereocenters. The molecular weight excluding hydrogens is 196 g/mol. The van der Waals surface area contributed by atoms with Gasteiger partial charge in [-0.15, -0.1) is 0 Å². The molecule has 0 saturated carbocycles. The third-order valence-corrected chi connectivity index (χ3v) is 3.06. The SMILES string of the molecule is O=C1CN(CC2(O)CCOCC2)CCN1. The van der Waals surface area contributed by atoms with Crippen LogP contribution in [0.15, 0.2) is 0 Å². The largest absolute Gasteiger partial charge is 0.388 e. The second-order valence-electron chi connectivity index (χ2n) is 4.40. The first-order chi connectivity index (χ1) is 7.18. The maximum Gasteiger partial charge on any atom is 0.234 e. The first-order valence-corrected chi connectivity index (χ1v) is 5.47. The number of amides is 1. The van der Waals surface area contributed by atoms with E-state index >= 15 is 0 Å². The van der Waals surface area contributed by atoms with Crippen molar-refractivity contribution >= 4 is 5.91 Å². The van der Waals surface area contributed by atoms with Crippen molar-refractivity contribution < 1.29 is 14.6 Å². The molecule has 0 aliphatic carbocycles. The van der Waals surface area contributed by atoms with Gasteiger partial charge in [0.25, 0.3) is 0 Å². The third-order valence-electron chi connectivity index (χ3n) is 3.06. The molecule has 2 fully saturated rings. The number of hydrogen-bond donors (Lipinski definition) is 2. The van der Waals surface area contributed by atoms with E-state index in [2.05, 4.69) is 5.32 Å². The lowest BCUT2D eigenvalue weighted by atomic mass is 9.93. The van der Waals surface area contributed by atoms with Crippen molar-refractivity contribution in [2.75, 3.05) is 39.4 Å². The highest BCUT2D eigenvalue weighted by molar-refractivity contribution is 5.78. The molecule has 0 radical (unpaired) electrons. The highest BCUT2D eigenvalue weighted by Gasteiger charge is 2.33. The van der Waals surface area contributed by atoms with Crippen LogP contribution in [0.2, 0.25) is 0 Å². The number of hydrogen-bond acceptors (Lipinski definition) is 4. The molecule has 2 rings (SSSR count). The number of piperazine rings is 1. The van der Waals surface area contributed by atoms with Crippen LogP contribution >= 0.6 is 0 Å². The molecule has 0 aromatic heterocycles. The Bertz CT molecular complexity index is 239. The van der Waals surface area contributed by atoms with Gasteiger partial charge < -0.3 is 15.2 Å². The van der Waals surface area contributed by atoms with E-state index < -0.39 is 5.60 Å². The number of ether oxygens (including phenoxy) is 1. The van der Waals surface area contributed by atoms with Crippen molar-refractivity contribution in [3.05, 3.63) is 0 Å². The van der Waals surface area contributed by atoms with Crippen LogP contribution in [0, 0.1) is 0 Å². The van der Waals surface area contributed by atoms with Gasteiger partial charge in [-0.3, -0.25) is 9.69 Å². The van der Waals surface area contributed by atoms with Gasteiger partial charge in [0.15, 0.2) is 0 Å². The van der Waals surface area contributed by atoms with Gasteiger partial charge >= 0.3 is 0 Å². The standard InChI is InChI=1S/C10H18N2O3/c13-9-7-12(4-3-11-9)8-10(14)1-5-15-6-2-10/h14H,1-8H2,(H,11,13). The minimum Gasteiger partial charge on any atom is -0.388 e. The van der Waals surface area contributed by atoms with Gasteiger partial charge in [0.2, 0.25) is 5.91 Å². The van der Waals surface area contributed by atoms with E-state index in [1.807, 2.05) is 4.90 Å². The summed E-state index contributed by atoms with van der Waals surface area (Å²) in [5, 5.41) is 13.0. The molecule has 0 spiro atoms. The Balaban J connectivity index is 1.86. The number of nitrogens with zero attached hydrogens (tertiary/aromatic N) is 1. The molecule has 2 aliphatic heterocycles. The topological polar surface area (TPSA) is 61.8 Å². The van der Waals surface area contributed by atoms with Crippen molar-refractivity contribution in [1.29, 1.82) is 0 Å². The second kappa shape index (κ2) is 4.47. The first kappa shape index (κ1) is 10.9. The smallest absolute Gasteiger partial charge is 0.234 e. The van der Waals surface area contributed by atoms with Crippen molar-refractivity contribution in [3.8, 4) is 0 Å². The quantitative estimate of drug-likeness (QED) is 0.616. The number of aliphatic hydroxyl groups is 1. The lowest BCUT2D eigenvalue weighted by Gasteiger charge is -2.38. The molecule has 2 saturated heterocycles. The monoisotopic (exact) mass is 214 g/mol. The lowest BCUT2D eigenvalue weighted by Crippen LogP contribution is -2.54. The number of carbonyl (C=O) groups is 1. The van der Waals surface area contributed by atoms with E-state index in [9.17, 15) is 9.90 Å². The van der Waals surface area contributed by atoms with Gasteiger partial charge in [0.1, 0.15) is 0 Å². The maximum atomic E-state index is 11.2. The van der Waals surface area contributed by atoms with E-state index in [1.54, 1.807) is 0 Å². The molecular formula is C10H18N2O3. The van der Waals surface area contributed by atoms with Gasteiger partial charge in [-0.2, -0.15) is 0 Å². The molecule has 0 bridgehead atoms. The summed E-state index contributed by atoms with van der Waals surface area (Å²) in [4.78, 5) is 13.2. The van der Waals surface area contributed by atoms with Crippen LogP contribution in [0.5, 0.6) is 0 Å². The Morgan fingerprint density at radius 2 is 2.20 bits per heavy atom. The fourth-order valence-electron chi connectivity index (χ4n) is 2.15. The van der Waals surface area contributed by atoms with Crippen LogP contribution in [-0.2, 0) is 9.53 Å². The van der Waals surface area contributed by atoms with Gasteiger partial charge in [0, 0.05) is 45.7 Å². The van der Waals surface area contributed by atoms with Crippen LogP contribution in [0.3, 0.4) is 0 Å². The summed E-state index contributed by atoms with van der Waals surface area (Å²) in [6.45, 7) is 3.75. The Kier molecular flexibility index (Phi) is 3.23. The Morgan fingerprint density at radius 1 is 1.47 bits per heavy atom. The van der Waals surface area contributed by atoms with Gasteiger partial charge in [-0.05, 0) is 0 Å². The molecule has 15 heavy (non-hydrogen) atoms. The van der Waals surface area contributed by atoms with E-state index in [0.29, 0.717) is 45.7 Å². The summed E-state index contributed by atoms with van der Waals surface area (Å²) in [6, 6.07) is 0. The number of nitrogens with one attached hydrogen (secondary N) is 1. The zero-order valence-electron chi connectivity index (χ0n) is 8.87. The van der Waals surface area contributed by atoms with Crippen LogP contribution in [-0.4, -0.2) is 60.9 Å². The maximum absolute atomic E-state index is 11.2. The van der Waals surface area contributed by atoms with E-state index in [0.717, 1.165) is 6.54 Å². The van der Waals surface area contributed by atoms with Crippen molar-refractivity contribution in [1.82, 2.24) is 10.2 Å². The zero-order valence-corrected chi connectivity index (χ0v) is 8.87. The summed E-state index contributed by atoms with van der Waals surface area (Å²) in [5.74, 6) is 0.0527. The molecule has 5 nitrogen and oxygen atoms in total. The third kappa shape index (κ3) is 2.90. The van der Waals surface area contributed by atoms with Crippen molar-refractivity contribution in [2.24, 2.45) is 0 Å². The molecule has 0 atom stereocenters. The van der Waals surface area contributed by atoms with Crippen LogP contribution < -0.4 is 5.32 Å². The highest BCUT2D eigenvalue weighted by atomic mass is 16.5. The number of β-amino-alcohol motifs (C(OH)–C–C–N with tert-alkyl or cyclic N) is 1. The molecule has 2 N–H and O–H groups in total. The fraction of sp³-hybridized carbons (Fsp3) is 0.900. The molecule has 2 heterocycles. The molecule has 1 amide bonds. The first-order valence-electron chi connectivity index (χ1n) is 5.47. The van der Waals surface area contributed by atoms with Crippen molar-refractivity contribution in [3.63, 3.8) is 0 Å². The highest BCUT2D eigenvalue weighted by Crippen LogP contribution is 2.21. The minimum absolute atomic E-state index is 0.0527. The summed E-state index contributed by atoms with van der Waals surface area (Å²) in [7, 11) is 0. The van der Waals surface area contributed by atoms with E-state index in [-0.39, 0.29) is 5.91 Å². The molecule has 0 aromatic carbocycles. The molecule has 0 aromatic rings. The number of rotatable bonds is 2. The average molecular weight is 214 g/mol.